The molecule has 19 heavy (non-hydrogen) atoms. The number of pyridine rings is 1. The topological polar surface area (TPSA) is 28.2 Å². The second kappa shape index (κ2) is 6.78. The maximum atomic E-state index is 4.31. The number of anilines is 2. The highest BCUT2D eigenvalue weighted by Gasteiger charge is 2.06. The van der Waals surface area contributed by atoms with Crippen LogP contribution in [0.4, 0.5) is 11.4 Å². The fraction of sp³-hybridized carbons (Fsp3) is 0.312. The van der Waals surface area contributed by atoms with E-state index in [0.29, 0.717) is 0 Å². The molecule has 1 aromatic carbocycles. The smallest absolute Gasteiger partial charge is 0.0576 e. The average Bonchev–Trinajstić information content (AvgIpc) is 2.46. The van der Waals surface area contributed by atoms with Crippen LogP contribution in [0.2, 0.25) is 0 Å². The highest BCUT2D eigenvalue weighted by molar-refractivity contribution is 5.55. The third kappa shape index (κ3) is 3.71. The van der Waals surface area contributed by atoms with Gasteiger partial charge in [0.2, 0.25) is 0 Å². The fourth-order valence-corrected chi connectivity index (χ4v) is 2.09. The molecule has 0 aliphatic carbocycles. The first kappa shape index (κ1) is 13.4. The van der Waals surface area contributed by atoms with Gasteiger partial charge in [-0.1, -0.05) is 30.3 Å². The largest absolute Gasteiger partial charge is 0.384 e. The monoisotopic (exact) mass is 255 g/mol. The lowest BCUT2D eigenvalue weighted by Gasteiger charge is -2.23. The zero-order chi connectivity index (χ0) is 13.5. The molecule has 0 saturated heterocycles. The van der Waals surface area contributed by atoms with Crippen LogP contribution in [0.3, 0.4) is 0 Å². The molecule has 0 aliphatic heterocycles. The molecule has 3 heteroatoms. The summed E-state index contributed by atoms with van der Waals surface area (Å²) in [7, 11) is 0. The molecule has 0 aliphatic rings. The van der Waals surface area contributed by atoms with Crippen LogP contribution in [-0.4, -0.2) is 18.1 Å². The molecule has 100 valence electrons. The molecule has 0 atom stereocenters. The van der Waals surface area contributed by atoms with Crippen LogP contribution < -0.4 is 10.2 Å². The van der Waals surface area contributed by atoms with Gasteiger partial charge in [-0.2, -0.15) is 0 Å². The molecule has 0 amide bonds. The lowest BCUT2D eigenvalue weighted by atomic mass is 10.2. The molecule has 1 aromatic heterocycles. The summed E-state index contributed by atoms with van der Waals surface area (Å²) in [4.78, 5) is 6.63. The van der Waals surface area contributed by atoms with E-state index in [1.165, 1.54) is 5.56 Å². The summed E-state index contributed by atoms with van der Waals surface area (Å²) in [6.45, 7) is 7.05. The Bertz CT molecular complexity index is 496. The summed E-state index contributed by atoms with van der Waals surface area (Å²) in [5.74, 6) is 0. The first-order valence-corrected chi connectivity index (χ1v) is 6.81. The predicted octanol–water partition coefficient (Wildman–Crippen LogP) is 3.54. The van der Waals surface area contributed by atoms with Crippen molar-refractivity contribution in [3.05, 3.63) is 54.4 Å². The normalized spacial score (nSPS) is 10.2. The molecular formula is C16H21N3. The minimum atomic E-state index is 0.911. The van der Waals surface area contributed by atoms with Crippen molar-refractivity contribution in [3.8, 4) is 0 Å². The van der Waals surface area contributed by atoms with Gasteiger partial charge in [0.25, 0.3) is 0 Å². The Labute approximate surface area is 115 Å². The minimum absolute atomic E-state index is 0.911. The van der Waals surface area contributed by atoms with Crippen LogP contribution in [0.5, 0.6) is 0 Å². The van der Waals surface area contributed by atoms with Crippen LogP contribution in [0.15, 0.2) is 48.8 Å². The van der Waals surface area contributed by atoms with Gasteiger partial charge in [-0.15, -0.1) is 0 Å². The zero-order valence-electron chi connectivity index (χ0n) is 11.6. The summed E-state index contributed by atoms with van der Waals surface area (Å²) in [5, 5.41) is 3.30. The average molecular weight is 255 g/mol. The number of aromatic nitrogens is 1. The van der Waals surface area contributed by atoms with Gasteiger partial charge in [-0.3, -0.25) is 4.98 Å². The standard InChI is InChI=1S/C16H21N3/c1-3-18-15-10-16(12-17-11-15)19(4-2)13-14-8-6-5-7-9-14/h5-12,18H,3-4,13H2,1-2H3. The first-order chi connectivity index (χ1) is 9.33. The van der Waals surface area contributed by atoms with E-state index in [2.05, 4.69) is 59.4 Å². The summed E-state index contributed by atoms with van der Waals surface area (Å²) in [6.07, 6.45) is 3.79. The minimum Gasteiger partial charge on any atom is -0.384 e. The van der Waals surface area contributed by atoms with E-state index in [9.17, 15) is 0 Å². The number of nitrogens with zero attached hydrogens (tertiary/aromatic N) is 2. The van der Waals surface area contributed by atoms with Crippen molar-refractivity contribution in [1.82, 2.24) is 4.98 Å². The van der Waals surface area contributed by atoms with E-state index in [1.54, 1.807) is 0 Å². The van der Waals surface area contributed by atoms with Crippen molar-refractivity contribution in [2.24, 2.45) is 0 Å². The Kier molecular flexibility index (Phi) is 4.78. The van der Waals surface area contributed by atoms with Gasteiger partial charge in [0.05, 0.1) is 23.8 Å². The van der Waals surface area contributed by atoms with Crippen LogP contribution in [0.25, 0.3) is 0 Å². The Morgan fingerprint density at radius 1 is 1.11 bits per heavy atom. The molecule has 0 bridgehead atoms. The Balaban J connectivity index is 2.15. The Morgan fingerprint density at radius 2 is 1.89 bits per heavy atom. The van der Waals surface area contributed by atoms with Crippen molar-refractivity contribution >= 4 is 11.4 Å². The lowest BCUT2D eigenvalue weighted by Crippen LogP contribution is -2.22. The second-order valence-corrected chi connectivity index (χ2v) is 4.46. The molecule has 0 unspecified atom stereocenters. The molecule has 1 N–H and O–H groups in total. The summed E-state index contributed by atoms with van der Waals surface area (Å²) in [5.41, 5.74) is 3.55. The number of benzene rings is 1. The quantitative estimate of drug-likeness (QED) is 0.855. The second-order valence-electron chi connectivity index (χ2n) is 4.46. The number of hydrogen-bond acceptors (Lipinski definition) is 3. The predicted molar refractivity (Wildman–Crippen MR) is 81.6 cm³/mol. The molecular weight excluding hydrogens is 234 g/mol. The summed E-state index contributed by atoms with van der Waals surface area (Å²) < 4.78 is 0. The van der Waals surface area contributed by atoms with E-state index >= 15 is 0 Å². The summed E-state index contributed by atoms with van der Waals surface area (Å²) in [6, 6.07) is 12.7. The molecule has 2 rings (SSSR count). The van der Waals surface area contributed by atoms with Crippen LogP contribution in [0, 0.1) is 0 Å². The van der Waals surface area contributed by atoms with Gasteiger partial charge < -0.3 is 10.2 Å². The zero-order valence-corrected chi connectivity index (χ0v) is 11.6. The van der Waals surface area contributed by atoms with E-state index in [1.807, 2.05) is 18.5 Å². The van der Waals surface area contributed by atoms with Crippen molar-refractivity contribution < 1.29 is 0 Å². The third-order valence-electron chi connectivity index (χ3n) is 3.07. The maximum Gasteiger partial charge on any atom is 0.0576 e. The highest BCUT2D eigenvalue weighted by atomic mass is 15.1. The Hall–Kier alpha value is -2.03. The van der Waals surface area contributed by atoms with Gasteiger partial charge in [-0.25, -0.2) is 0 Å². The molecule has 3 nitrogen and oxygen atoms in total. The molecule has 1 heterocycles. The summed E-state index contributed by atoms with van der Waals surface area (Å²) >= 11 is 0. The lowest BCUT2D eigenvalue weighted by molar-refractivity contribution is 0.829. The maximum absolute atomic E-state index is 4.31. The van der Waals surface area contributed by atoms with Gasteiger partial charge in [0.1, 0.15) is 0 Å². The van der Waals surface area contributed by atoms with Crippen LogP contribution in [-0.2, 0) is 6.54 Å². The van der Waals surface area contributed by atoms with Crippen LogP contribution >= 0.6 is 0 Å². The van der Waals surface area contributed by atoms with E-state index in [0.717, 1.165) is 31.0 Å². The number of nitrogens with one attached hydrogen (secondary N) is 1. The van der Waals surface area contributed by atoms with Crippen LogP contribution in [0.1, 0.15) is 19.4 Å². The third-order valence-corrected chi connectivity index (χ3v) is 3.07. The Morgan fingerprint density at radius 3 is 2.58 bits per heavy atom. The van der Waals surface area contributed by atoms with Gasteiger partial charge >= 0.3 is 0 Å². The number of rotatable bonds is 6. The molecule has 0 fully saturated rings. The van der Waals surface area contributed by atoms with E-state index < -0.39 is 0 Å². The van der Waals surface area contributed by atoms with Crippen molar-refractivity contribution in [3.63, 3.8) is 0 Å². The highest BCUT2D eigenvalue weighted by Crippen LogP contribution is 2.19. The molecule has 2 aromatic rings. The molecule has 0 saturated carbocycles. The molecule has 0 spiro atoms. The van der Waals surface area contributed by atoms with Gasteiger partial charge in [-0.05, 0) is 25.5 Å². The van der Waals surface area contributed by atoms with Gasteiger partial charge in [0.15, 0.2) is 0 Å². The number of hydrogen-bond donors (Lipinski definition) is 1. The van der Waals surface area contributed by atoms with Gasteiger partial charge in [0, 0.05) is 19.6 Å². The van der Waals surface area contributed by atoms with Crippen molar-refractivity contribution in [1.29, 1.82) is 0 Å². The van der Waals surface area contributed by atoms with E-state index in [-0.39, 0.29) is 0 Å². The van der Waals surface area contributed by atoms with Crippen molar-refractivity contribution in [2.45, 2.75) is 20.4 Å². The fourth-order valence-electron chi connectivity index (χ4n) is 2.09. The van der Waals surface area contributed by atoms with E-state index in [4.69, 9.17) is 0 Å². The first-order valence-electron chi connectivity index (χ1n) is 6.81. The molecule has 0 radical (unpaired) electrons. The SMILES string of the molecule is CCNc1cncc(N(CC)Cc2ccccc2)c1. The van der Waals surface area contributed by atoms with Crippen molar-refractivity contribution in [2.75, 3.05) is 23.3 Å².